The number of nitrogens with zero attached hydrogens (tertiary/aromatic N) is 1. The van der Waals surface area contributed by atoms with Crippen LogP contribution in [0.1, 0.15) is 27.0 Å². The normalized spacial score (nSPS) is 14.3. The first-order valence-electron chi connectivity index (χ1n) is 9.37. The number of esters is 2. The van der Waals surface area contributed by atoms with Crippen LogP contribution >= 0.6 is 31.9 Å². The molecule has 0 unspecified atom stereocenters. The van der Waals surface area contributed by atoms with Crippen LogP contribution in [0.15, 0.2) is 80.3 Å². The lowest BCUT2D eigenvalue weighted by atomic mass is 10.1. The van der Waals surface area contributed by atoms with Gasteiger partial charge in [-0.1, -0.05) is 24.3 Å². The number of ether oxygens (including phenoxy) is 2. The topological polar surface area (TPSA) is 65.0 Å². The maximum atomic E-state index is 13.5. The molecule has 1 aliphatic rings. The van der Waals surface area contributed by atoms with E-state index in [-0.39, 0.29) is 11.6 Å². The summed E-state index contributed by atoms with van der Waals surface area (Å²) < 4.78 is 25.2. The average Bonchev–Trinajstić information content (AvgIpc) is 3.11. The molecule has 32 heavy (non-hydrogen) atoms. The number of rotatable bonds is 4. The third-order valence-electron chi connectivity index (χ3n) is 4.58. The Morgan fingerprint density at radius 2 is 1.78 bits per heavy atom. The molecule has 5 nitrogen and oxygen atoms in total. The number of benzene rings is 3. The van der Waals surface area contributed by atoms with E-state index >= 15 is 0 Å². The molecule has 3 aromatic rings. The zero-order chi connectivity index (χ0) is 22.8. The predicted octanol–water partition coefficient (Wildman–Crippen LogP) is 6.22. The summed E-state index contributed by atoms with van der Waals surface area (Å²) in [4.78, 5) is 29.0. The van der Waals surface area contributed by atoms with Crippen molar-refractivity contribution in [2.75, 3.05) is 0 Å². The Morgan fingerprint density at radius 1 is 1.06 bits per heavy atom. The van der Waals surface area contributed by atoms with Gasteiger partial charge in [-0.25, -0.2) is 19.0 Å². The Kier molecular flexibility index (Phi) is 6.34. The van der Waals surface area contributed by atoms with Gasteiger partial charge in [-0.05, 0) is 92.4 Å². The second-order valence-corrected chi connectivity index (χ2v) is 8.57. The van der Waals surface area contributed by atoms with Gasteiger partial charge in [0.25, 0.3) is 0 Å². The van der Waals surface area contributed by atoms with Gasteiger partial charge >= 0.3 is 11.9 Å². The highest BCUT2D eigenvalue weighted by Gasteiger charge is 2.25. The Labute approximate surface area is 199 Å². The lowest BCUT2D eigenvalue weighted by molar-refractivity contribution is -0.129. The van der Waals surface area contributed by atoms with Gasteiger partial charge in [0, 0.05) is 5.56 Å². The van der Waals surface area contributed by atoms with Crippen LogP contribution < -0.4 is 4.74 Å². The maximum Gasteiger partial charge on any atom is 0.363 e. The molecule has 1 heterocycles. The zero-order valence-electron chi connectivity index (χ0n) is 16.6. The number of aryl methyl sites for hydroxylation is 1. The first-order chi connectivity index (χ1) is 15.3. The van der Waals surface area contributed by atoms with Crippen LogP contribution in [0.5, 0.6) is 5.75 Å². The first-order valence-corrected chi connectivity index (χ1v) is 11.0. The van der Waals surface area contributed by atoms with Crippen molar-refractivity contribution < 1.29 is 23.5 Å². The summed E-state index contributed by atoms with van der Waals surface area (Å²) in [7, 11) is 0. The van der Waals surface area contributed by atoms with Crippen molar-refractivity contribution in [2.24, 2.45) is 4.99 Å². The molecule has 1 aliphatic heterocycles. The van der Waals surface area contributed by atoms with E-state index in [2.05, 4.69) is 36.9 Å². The SMILES string of the molecule is Cc1ccccc1C(=O)Oc1c(Br)cc(/C=C2\N=C(c3cccc(F)c3)OC2=O)cc1Br. The molecule has 0 spiro atoms. The molecular weight excluding hydrogens is 545 g/mol. The summed E-state index contributed by atoms with van der Waals surface area (Å²) >= 11 is 6.82. The van der Waals surface area contributed by atoms with Crippen molar-refractivity contribution >= 4 is 55.8 Å². The Balaban J connectivity index is 1.60. The standard InChI is InChI=1S/C24H14Br2FNO4/c1-13-5-2-3-8-17(13)23(29)31-21-18(25)9-14(10-19(21)26)11-20-24(30)32-22(28-20)15-6-4-7-16(27)12-15/h2-12H,1H3/b20-11-. The molecular formula is C24H14Br2FNO4. The summed E-state index contributed by atoms with van der Waals surface area (Å²) in [6.45, 7) is 1.83. The molecule has 0 bridgehead atoms. The molecule has 0 atom stereocenters. The molecule has 8 heteroatoms. The number of cyclic esters (lactones) is 1. The third-order valence-corrected chi connectivity index (χ3v) is 5.75. The Bertz CT molecular complexity index is 1290. The Hall–Kier alpha value is -3.10. The molecule has 0 saturated carbocycles. The number of hydrogen-bond donors (Lipinski definition) is 0. The monoisotopic (exact) mass is 557 g/mol. The third kappa shape index (κ3) is 4.71. The largest absolute Gasteiger partial charge is 0.420 e. The summed E-state index contributed by atoms with van der Waals surface area (Å²) in [5.41, 5.74) is 2.30. The van der Waals surface area contributed by atoms with Gasteiger partial charge in [-0.15, -0.1) is 0 Å². The van der Waals surface area contributed by atoms with E-state index in [0.717, 1.165) is 5.56 Å². The molecule has 0 fully saturated rings. The van der Waals surface area contributed by atoms with Crippen molar-refractivity contribution in [1.29, 1.82) is 0 Å². The first kappa shape index (κ1) is 22.1. The highest BCUT2D eigenvalue weighted by molar-refractivity contribution is 9.11. The van der Waals surface area contributed by atoms with E-state index in [0.29, 0.717) is 31.4 Å². The minimum atomic E-state index is -0.647. The molecule has 0 aromatic heterocycles. The zero-order valence-corrected chi connectivity index (χ0v) is 19.7. The van der Waals surface area contributed by atoms with Crippen LogP contribution in [0.3, 0.4) is 0 Å². The van der Waals surface area contributed by atoms with Crippen LogP contribution in [-0.4, -0.2) is 17.8 Å². The van der Waals surface area contributed by atoms with Crippen molar-refractivity contribution in [3.8, 4) is 5.75 Å². The minimum Gasteiger partial charge on any atom is -0.420 e. The van der Waals surface area contributed by atoms with E-state index in [1.807, 2.05) is 19.1 Å². The number of carbonyl (C=O) groups is 2. The average molecular weight is 559 g/mol. The van der Waals surface area contributed by atoms with Crippen molar-refractivity contribution in [3.05, 3.63) is 103 Å². The molecule has 0 radical (unpaired) electrons. The van der Waals surface area contributed by atoms with E-state index in [4.69, 9.17) is 9.47 Å². The lowest BCUT2D eigenvalue weighted by Crippen LogP contribution is -2.11. The summed E-state index contributed by atoms with van der Waals surface area (Å²) in [6, 6.07) is 16.1. The van der Waals surface area contributed by atoms with Crippen LogP contribution in [0, 0.1) is 12.7 Å². The van der Waals surface area contributed by atoms with Gasteiger partial charge in [0.2, 0.25) is 5.90 Å². The van der Waals surface area contributed by atoms with Gasteiger partial charge in [-0.2, -0.15) is 0 Å². The number of hydrogen-bond acceptors (Lipinski definition) is 5. The van der Waals surface area contributed by atoms with Crippen molar-refractivity contribution in [1.82, 2.24) is 0 Å². The summed E-state index contributed by atoms with van der Waals surface area (Å²) in [5, 5.41) is 0. The number of carbonyl (C=O) groups excluding carboxylic acids is 2. The van der Waals surface area contributed by atoms with Gasteiger partial charge in [-0.3, -0.25) is 0 Å². The van der Waals surface area contributed by atoms with Gasteiger partial charge in [0.15, 0.2) is 11.4 Å². The smallest absolute Gasteiger partial charge is 0.363 e. The summed E-state index contributed by atoms with van der Waals surface area (Å²) in [5.74, 6) is -1.26. The highest BCUT2D eigenvalue weighted by atomic mass is 79.9. The second kappa shape index (κ2) is 9.18. The highest BCUT2D eigenvalue weighted by Crippen LogP contribution is 2.36. The quantitative estimate of drug-likeness (QED) is 0.216. The van der Waals surface area contributed by atoms with E-state index in [1.165, 1.54) is 24.3 Å². The van der Waals surface area contributed by atoms with Gasteiger partial charge in [0.1, 0.15) is 5.82 Å². The van der Waals surface area contributed by atoms with Gasteiger partial charge in [0.05, 0.1) is 14.5 Å². The summed E-state index contributed by atoms with van der Waals surface area (Å²) in [6.07, 6.45) is 1.52. The van der Waals surface area contributed by atoms with Crippen LogP contribution in [0.4, 0.5) is 4.39 Å². The fourth-order valence-corrected chi connectivity index (χ4v) is 4.41. The van der Waals surface area contributed by atoms with E-state index in [1.54, 1.807) is 30.3 Å². The van der Waals surface area contributed by atoms with E-state index in [9.17, 15) is 14.0 Å². The molecule has 160 valence electrons. The van der Waals surface area contributed by atoms with Crippen LogP contribution in [0.2, 0.25) is 0 Å². The predicted molar refractivity (Wildman–Crippen MR) is 125 cm³/mol. The van der Waals surface area contributed by atoms with E-state index < -0.39 is 17.8 Å². The number of halogens is 3. The number of aliphatic imine (C=N–C) groups is 1. The lowest BCUT2D eigenvalue weighted by Gasteiger charge is -2.11. The van der Waals surface area contributed by atoms with Gasteiger partial charge < -0.3 is 9.47 Å². The molecule has 0 saturated heterocycles. The second-order valence-electron chi connectivity index (χ2n) is 6.86. The maximum absolute atomic E-state index is 13.5. The van der Waals surface area contributed by atoms with Crippen LogP contribution in [-0.2, 0) is 9.53 Å². The molecule has 3 aromatic carbocycles. The molecule has 4 rings (SSSR count). The fraction of sp³-hybridized carbons (Fsp3) is 0.0417. The van der Waals surface area contributed by atoms with Crippen molar-refractivity contribution in [3.63, 3.8) is 0 Å². The van der Waals surface area contributed by atoms with Crippen LogP contribution in [0.25, 0.3) is 6.08 Å². The molecule has 0 amide bonds. The van der Waals surface area contributed by atoms with Crippen molar-refractivity contribution in [2.45, 2.75) is 6.92 Å². The molecule has 0 aliphatic carbocycles. The molecule has 0 N–H and O–H groups in total. The Morgan fingerprint density at radius 3 is 2.47 bits per heavy atom. The minimum absolute atomic E-state index is 0.0302. The fourth-order valence-electron chi connectivity index (χ4n) is 3.02.